The van der Waals surface area contributed by atoms with Crippen LogP contribution in [0.4, 0.5) is 0 Å². The van der Waals surface area contributed by atoms with Crippen molar-refractivity contribution in [2.75, 3.05) is 12.9 Å². The van der Waals surface area contributed by atoms with Gasteiger partial charge in [0.15, 0.2) is 0 Å². The summed E-state index contributed by atoms with van der Waals surface area (Å²) in [4.78, 5) is 29.0. The van der Waals surface area contributed by atoms with E-state index in [1.54, 1.807) is 11.8 Å². The molecule has 2 N–H and O–H groups in total. The van der Waals surface area contributed by atoms with Gasteiger partial charge in [0.05, 0.1) is 21.4 Å². The lowest BCUT2D eigenvalue weighted by Gasteiger charge is -2.13. The molecular weight excluding hydrogens is 508 g/mol. The zero-order chi connectivity index (χ0) is 26.2. The number of rotatable bonds is 12. The maximum atomic E-state index is 12.6. The van der Waals surface area contributed by atoms with E-state index in [1.807, 2.05) is 73.8 Å². The molecule has 0 bridgehead atoms. The van der Waals surface area contributed by atoms with Crippen LogP contribution in [0.5, 0.6) is 5.75 Å². The third kappa shape index (κ3) is 7.24. The zero-order valence-corrected chi connectivity index (χ0v) is 22.3. The number of aryl methyl sites for hydroxylation is 2. The number of thiophene rings is 1. The minimum absolute atomic E-state index is 0.0122. The standard InChI is InChI=1S/C28H28N2O5S2/c1-18-23(30-28(35-18)20-6-4-3-5-7-20)14-15-34-22-10-8-19(9-12-25(31)32)21(16-22)17-29-27(33)24-11-13-26(36-2)37-24/h3-8,10-11,13,16H,9,12,14-15,17H2,1-2H3,(H,29,33)(H,31,32). The lowest BCUT2D eigenvalue weighted by Crippen LogP contribution is -2.22. The molecule has 0 aliphatic carbocycles. The van der Waals surface area contributed by atoms with Gasteiger partial charge in [-0.05, 0) is 67.1 Å². The van der Waals surface area contributed by atoms with Crippen molar-refractivity contribution in [1.82, 2.24) is 10.3 Å². The van der Waals surface area contributed by atoms with E-state index in [4.69, 9.17) is 14.3 Å². The second-order valence-corrected chi connectivity index (χ2v) is 10.5. The zero-order valence-electron chi connectivity index (χ0n) is 20.7. The Balaban J connectivity index is 1.41. The van der Waals surface area contributed by atoms with Gasteiger partial charge in [-0.1, -0.05) is 24.3 Å². The topological polar surface area (TPSA) is 102 Å². The van der Waals surface area contributed by atoms with Crippen molar-refractivity contribution in [2.45, 2.75) is 36.9 Å². The van der Waals surface area contributed by atoms with Crippen molar-refractivity contribution in [3.63, 3.8) is 0 Å². The Labute approximate surface area is 223 Å². The number of hydrogen-bond acceptors (Lipinski definition) is 7. The molecule has 0 spiro atoms. The van der Waals surface area contributed by atoms with Crippen LogP contribution in [0.15, 0.2) is 69.3 Å². The molecule has 0 saturated heterocycles. The Hall–Kier alpha value is -3.56. The summed E-state index contributed by atoms with van der Waals surface area (Å²) < 4.78 is 12.9. The molecule has 1 amide bonds. The first kappa shape index (κ1) is 26.5. The Kier molecular flexibility index (Phi) is 9.03. The highest BCUT2D eigenvalue weighted by atomic mass is 32.2. The monoisotopic (exact) mass is 536 g/mol. The van der Waals surface area contributed by atoms with Gasteiger partial charge in [0.25, 0.3) is 5.91 Å². The number of aliphatic carboxylic acids is 1. The molecule has 0 saturated carbocycles. The molecule has 4 rings (SSSR count). The van der Waals surface area contributed by atoms with Gasteiger partial charge in [-0.25, -0.2) is 4.98 Å². The number of benzene rings is 2. The fourth-order valence-electron chi connectivity index (χ4n) is 3.79. The summed E-state index contributed by atoms with van der Waals surface area (Å²) >= 11 is 3.04. The highest BCUT2D eigenvalue weighted by Crippen LogP contribution is 2.26. The minimum atomic E-state index is -0.864. The third-order valence-corrected chi connectivity index (χ3v) is 7.92. The van der Waals surface area contributed by atoms with Crippen molar-refractivity contribution < 1.29 is 23.8 Å². The van der Waals surface area contributed by atoms with Crippen LogP contribution < -0.4 is 10.1 Å². The van der Waals surface area contributed by atoms with E-state index in [0.29, 0.717) is 36.0 Å². The van der Waals surface area contributed by atoms with Crippen LogP contribution in [-0.4, -0.2) is 34.8 Å². The van der Waals surface area contributed by atoms with Crippen LogP contribution in [0, 0.1) is 6.92 Å². The number of nitrogens with one attached hydrogen (secondary N) is 1. The molecular formula is C28H28N2O5S2. The predicted octanol–water partition coefficient (Wildman–Crippen LogP) is 6.00. The van der Waals surface area contributed by atoms with Crippen molar-refractivity contribution >= 4 is 35.0 Å². The van der Waals surface area contributed by atoms with Crippen LogP contribution in [0.2, 0.25) is 0 Å². The molecule has 37 heavy (non-hydrogen) atoms. The van der Waals surface area contributed by atoms with E-state index in [1.165, 1.54) is 11.3 Å². The van der Waals surface area contributed by atoms with Gasteiger partial charge >= 0.3 is 5.97 Å². The molecule has 7 nitrogen and oxygen atoms in total. The number of amides is 1. The number of aromatic nitrogens is 1. The van der Waals surface area contributed by atoms with Crippen LogP contribution >= 0.6 is 23.1 Å². The molecule has 2 aromatic heterocycles. The van der Waals surface area contributed by atoms with Gasteiger partial charge < -0.3 is 19.6 Å². The molecule has 0 aliphatic heterocycles. The maximum Gasteiger partial charge on any atom is 0.303 e. The van der Waals surface area contributed by atoms with Gasteiger partial charge in [-0.3, -0.25) is 9.59 Å². The largest absolute Gasteiger partial charge is 0.493 e. The van der Waals surface area contributed by atoms with Crippen molar-refractivity contribution in [3.05, 3.63) is 88.1 Å². The van der Waals surface area contributed by atoms with Gasteiger partial charge in [0.1, 0.15) is 11.5 Å². The smallest absolute Gasteiger partial charge is 0.303 e. The van der Waals surface area contributed by atoms with Gasteiger partial charge in [-0.15, -0.1) is 23.1 Å². The molecule has 9 heteroatoms. The molecule has 0 atom stereocenters. The van der Waals surface area contributed by atoms with Crippen LogP contribution in [0.25, 0.3) is 11.5 Å². The molecule has 2 aromatic carbocycles. The molecule has 0 fully saturated rings. The summed E-state index contributed by atoms with van der Waals surface area (Å²) in [6.07, 6.45) is 2.93. The van der Waals surface area contributed by atoms with Gasteiger partial charge in [0, 0.05) is 24.9 Å². The highest BCUT2D eigenvalue weighted by Gasteiger charge is 2.14. The van der Waals surface area contributed by atoms with Crippen molar-refractivity contribution in [2.24, 2.45) is 0 Å². The van der Waals surface area contributed by atoms with E-state index in [2.05, 4.69) is 10.3 Å². The number of oxazole rings is 1. The molecule has 4 aromatic rings. The second-order valence-electron chi connectivity index (χ2n) is 8.32. The van der Waals surface area contributed by atoms with Crippen molar-refractivity contribution in [1.29, 1.82) is 0 Å². The van der Waals surface area contributed by atoms with Crippen molar-refractivity contribution in [3.8, 4) is 17.2 Å². The molecule has 0 unspecified atom stereocenters. The first-order valence-electron chi connectivity index (χ1n) is 11.8. The Morgan fingerprint density at radius 3 is 2.62 bits per heavy atom. The lowest BCUT2D eigenvalue weighted by atomic mass is 10.0. The fraction of sp³-hybridized carbons (Fsp3) is 0.250. The number of carbonyl (C=O) groups is 2. The maximum absolute atomic E-state index is 12.6. The normalized spacial score (nSPS) is 10.9. The molecule has 0 radical (unpaired) electrons. The highest BCUT2D eigenvalue weighted by molar-refractivity contribution is 8.00. The average molecular weight is 537 g/mol. The van der Waals surface area contributed by atoms with E-state index < -0.39 is 5.97 Å². The summed E-state index contributed by atoms with van der Waals surface area (Å²) in [5.74, 6) is 0.971. The van der Waals surface area contributed by atoms with E-state index in [-0.39, 0.29) is 18.9 Å². The Bertz CT molecular complexity index is 1360. The Morgan fingerprint density at radius 1 is 1.08 bits per heavy atom. The number of carboxylic acid groups (broad SMARTS) is 1. The summed E-state index contributed by atoms with van der Waals surface area (Å²) in [5.41, 5.74) is 3.46. The minimum Gasteiger partial charge on any atom is -0.493 e. The molecule has 2 heterocycles. The summed E-state index contributed by atoms with van der Waals surface area (Å²) in [6.45, 7) is 2.57. The number of hydrogen-bond donors (Lipinski definition) is 2. The fourth-order valence-corrected chi connectivity index (χ4v) is 5.25. The first-order valence-corrected chi connectivity index (χ1v) is 13.9. The number of nitrogens with zero attached hydrogens (tertiary/aromatic N) is 1. The number of thioether (sulfide) groups is 1. The second kappa shape index (κ2) is 12.6. The van der Waals surface area contributed by atoms with E-state index in [0.717, 1.165) is 32.4 Å². The number of carbonyl (C=O) groups excluding carboxylic acids is 1. The predicted molar refractivity (Wildman–Crippen MR) is 146 cm³/mol. The van der Waals surface area contributed by atoms with Gasteiger partial charge in [-0.2, -0.15) is 0 Å². The number of ether oxygens (including phenoxy) is 1. The molecule has 0 aliphatic rings. The van der Waals surface area contributed by atoms with Crippen LogP contribution in [-0.2, 0) is 24.2 Å². The van der Waals surface area contributed by atoms with E-state index >= 15 is 0 Å². The average Bonchev–Trinajstić information content (AvgIpc) is 3.54. The Morgan fingerprint density at radius 2 is 1.89 bits per heavy atom. The lowest BCUT2D eigenvalue weighted by molar-refractivity contribution is -0.136. The van der Waals surface area contributed by atoms with Crippen LogP contribution in [0.1, 0.15) is 38.7 Å². The van der Waals surface area contributed by atoms with Gasteiger partial charge in [0.2, 0.25) is 5.89 Å². The quantitative estimate of drug-likeness (QED) is 0.214. The SMILES string of the molecule is CSc1ccc(C(=O)NCc2cc(OCCc3nc(-c4ccccc4)oc3C)ccc2CCC(=O)O)s1. The first-order chi connectivity index (χ1) is 17.9. The number of carboxylic acids is 1. The molecule has 192 valence electrons. The summed E-state index contributed by atoms with van der Waals surface area (Å²) in [7, 11) is 0. The third-order valence-electron chi connectivity index (χ3n) is 5.75. The van der Waals surface area contributed by atoms with Crippen LogP contribution in [0.3, 0.4) is 0 Å². The van der Waals surface area contributed by atoms with E-state index in [9.17, 15) is 9.59 Å². The summed E-state index contributed by atoms with van der Waals surface area (Å²) in [5, 5.41) is 12.1. The summed E-state index contributed by atoms with van der Waals surface area (Å²) in [6, 6.07) is 19.1.